The van der Waals surface area contributed by atoms with Gasteiger partial charge in [0.25, 0.3) is 0 Å². The van der Waals surface area contributed by atoms with Crippen molar-refractivity contribution in [3.8, 4) is 5.88 Å². The molecule has 0 aliphatic rings. The fraction of sp³-hybridized carbons (Fsp3) is 0.167. The Morgan fingerprint density at radius 3 is 2.83 bits per heavy atom. The molecule has 0 aliphatic heterocycles. The minimum atomic E-state index is -1.15. The van der Waals surface area contributed by atoms with Crippen LogP contribution in [0.25, 0.3) is 0 Å². The fourth-order valence-electron chi connectivity index (χ4n) is 0.661. The molecule has 1 aromatic heterocycles. The van der Waals surface area contributed by atoms with Crippen molar-refractivity contribution in [1.29, 1.82) is 0 Å². The second kappa shape index (κ2) is 3.36. The lowest BCUT2D eigenvalue weighted by molar-refractivity contribution is 0.0692. The van der Waals surface area contributed by atoms with E-state index in [9.17, 15) is 4.79 Å². The third kappa shape index (κ3) is 1.62. The Balaban J connectivity index is 3.21. The second-order valence-corrected chi connectivity index (χ2v) is 2.28. The zero-order chi connectivity index (χ0) is 9.14. The summed E-state index contributed by atoms with van der Waals surface area (Å²) in [5, 5.41) is 15.5. The van der Waals surface area contributed by atoms with Crippen molar-refractivity contribution < 1.29 is 14.6 Å². The van der Waals surface area contributed by atoms with Crippen molar-refractivity contribution in [2.24, 2.45) is 0 Å². The summed E-state index contributed by atoms with van der Waals surface area (Å²) in [6, 6.07) is 1.18. The fourth-order valence-corrected chi connectivity index (χ4v) is 0.808. The number of aromatic nitrogens is 2. The van der Waals surface area contributed by atoms with Gasteiger partial charge in [-0.1, -0.05) is 11.6 Å². The highest BCUT2D eigenvalue weighted by molar-refractivity contribution is 6.29. The zero-order valence-corrected chi connectivity index (χ0v) is 6.87. The molecule has 0 bridgehead atoms. The van der Waals surface area contributed by atoms with Crippen molar-refractivity contribution in [1.82, 2.24) is 10.2 Å². The number of ether oxygens (including phenoxy) is 1. The molecular formula is C6H5ClN2O3. The maximum atomic E-state index is 10.5. The van der Waals surface area contributed by atoms with Crippen molar-refractivity contribution in [3.05, 3.63) is 16.8 Å². The summed E-state index contributed by atoms with van der Waals surface area (Å²) in [6.45, 7) is 0. The van der Waals surface area contributed by atoms with Gasteiger partial charge in [-0.2, -0.15) is 0 Å². The first-order valence-electron chi connectivity index (χ1n) is 2.95. The quantitative estimate of drug-likeness (QED) is 0.745. The Morgan fingerprint density at radius 1 is 1.67 bits per heavy atom. The molecule has 0 atom stereocenters. The molecule has 64 valence electrons. The van der Waals surface area contributed by atoms with E-state index in [4.69, 9.17) is 16.7 Å². The number of hydrogen-bond donors (Lipinski definition) is 1. The van der Waals surface area contributed by atoms with E-state index in [2.05, 4.69) is 14.9 Å². The Hall–Kier alpha value is -1.36. The van der Waals surface area contributed by atoms with E-state index in [1.54, 1.807) is 0 Å². The van der Waals surface area contributed by atoms with Gasteiger partial charge in [0.05, 0.1) is 7.11 Å². The Bertz CT molecular complexity index is 316. The average Bonchev–Trinajstić information content (AvgIpc) is 2.04. The molecule has 0 saturated heterocycles. The van der Waals surface area contributed by atoms with Crippen LogP contribution in [0.5, 0.6) is 5.88 Å². The molecule has 1 heterocycles. The van der Waals surface area contributed by atoms with Crippen LogP contribution >= 0.6 is 11.6 Å². The first kappa shape index (κ1) is 8.73. The molecule has 0 fully saturated rings. The SMILES string of the molecule is COc1nnc(Cl)cc1C(=O)O. The topological polar surface area (TPSA) is 72.3 Å². The number of rotatable bonds is 2. The maximum Gasteiger partial charge on any atom is 0.341 e. The second-order valence-electron chi connectivity index (χ2n) is 1.90. The van der Waals surface area contributed by atoms with Gasteiger partial charge in [-0.3, -0.25) is 0 Å². The molecular weight excluding hydrogens is 184 g/mol. The third-order valence-electron chi connectivity index (χ3n) is 1.15. The van der Waals surface area contributed by atoms with Crippen LogP contribution in [-0.4, -0.2) is 28.4 Å². The van der Waals surface area contributed by atoms with Gasteiger partial charge in [0.2, 0.25) is 5.88 Å². The van der Waals surface area contributed by atoms with E-state index in [1.807, 2.05) is 0 Å². The molecule has 0 aliphatic carbocycles. The molecule has 0 radical (unpaired) electrons. The van der Waals surface area contributed by atoms with Crippen LogP contribution < -0.4 is 4.74 Å². The third-order valence-corrected chi connectivity index (χ3v) is 1.34. The summed E-state index contributed by atoms with van der Waals surface area (Å²) in [5.41, 5.74) is -0.0995. The van der Waals surface area contributed by atoms with Gasteiger partial charge in [0, 0.05) is 0 Å². The molecule has 0 saturated carbocycles. The van der Waals surface area contributed by atoms with Gasteiger partial charge in [-0.05, 0) is 6.07 Å². The molecule has 12 heavy (non-hydrogen) atoms. The van der Waals surface area contributed by atoms with Crippen molar-refractivity contribution in [2.75, 3.05) is 7.11 Å². The van der Waals surface area contributed by atoms with E-state index < -0.39 is 5.97 Å². The van der Waals surface area contributed by atoms with E-state index >= 15 is 0 Å². The monoisotopic (exact) mass is 188 g/mol. The van der Waals surface area contributed by atoms with Gasteiger partial charge < -0.3 is 9.84 Å². The molecule has 1 N–H and O–H groups in total. The Labute approximate surface area is 72.9 Å². The summed E-state index contributed by atoms with van der Waals surface area (Å²) in [7, 11) is 1.31. The van der Waals surface area contributed by atoms with Gasteiger partial charge in [0.1, 0.15) is 5.56 Å². The molecule has 0 amide bonds. The van der Waals surface area contributed by atoms with Crippen molar-refractivity contribution in [3.63, 3.8) is 0 Å². The molecule has 6 heteroatoms. The number of hydrogen-bond acceptors (Lipinski definition) is 4. The van der Waals surface area contributed by atoms with E-state index in [0.717, 1.165) is 0 Å². The van der Waals surface area contributed by atoms with Gasteiger partial charge >= 0.3 is 5.97 Å². The number of nitrogens with zero attached hydrogens (tertiary/aromatic N) is 2. The standard InChI is InChI=1S/C6H5ClN2O3/c1-12-5-3(6(10)11)2-4(7)8-9-5/h2H,1H3,(H,10,11). The smallest absolute Gasteiger partial charge is 0.341 e. The van der Waals surface area contributed by atoms with Crippen LogP contribution in [0.2, 0.25) is 5.15 Å². The van der Waals surface area contributed by atoms with Crippen LogP contribution in [0.3, 0.4) is 0 Å². The lowest BCUT2D eigenvalue weighted by atomic mass is 10.3. The lowest BCUT2D eigenvalue weighted by Crippen LogP contribution is -2.03. The van der Waals surface area contributed by atoms with E-state index in [-0.39, 0.29) is 16.6 Å². The summed E-state index contributed by atoms with van der Waals surface area (Å²) in [5.74, 6) is -1.20. The van der Waals surface area contributed by atoms with Crippen LogP contribution in [0, 0.1) is 0 Å². The minimum Gasteiger partial charge on any atom is -0.479 e. The number of aromatic carboxylic acids is 1. The molecule has 1 aromatic rings. The van der Waals surface area contributed by atoms with Gasteiger partial charge in [0.15, 0.2) is 5.15 Å². The number of halogens is 1. The van der Waals surface area contributed by atoms with E-state index in [1.165, 1.54) is 13.2 Å². The highest BCUT2D eigenvalue weighted by atomic mass is 35.5. The summed E-state index contributed by atoms with van der Waals surface area (Å²) >= 11 is 5.43. The normalized spacial score (nSPS) is 9.50. The lowest BCUT2D eigenvalue weighted by Gasteiger charge is -2.00. The zero-order valence-electron chi connectivity index (χ0n) is 6.11. The largest absolute Gasteiger partial charge is 0.479 e. The van der Waals surface area contributed by atoms with Crippen LogP contribution in [-0.2, 0) is 0 Å². The van der Waals surface area contributed by atoms with Gasteiger partial charge in [-0.15, -0.1) is 10.2 Å². The molecule has 1 rings (SSSR count). The van der Waals surface area contributed by atoms with E-state index in [0.29, 0.717) is 0 Å². The Kier molecular flexibility index (Phi) is 2.44. The number of methoxy groups -OCH3 is 1. The van der Waals surface area contributed by atoms with Crippen LogP contribution in [0.15, 0.2) is 6.07 Å². The molecule has 0 spiro atoms. The molecule has 0 unspecified atom stereocenters. The number of carboxylic acid groups (broad SMARTS) is 1. The number of carboxylic acids is 1. The Morgan fingerprint density at radius 2 is 2.33 bits per heavy atom. The summed E-state index contributed by atoms with van der Waals surface area (Å²) < 4.78 is 4.65. The average molecular weight is 189 g/mol. The summed E-state index contributed by atoms with van der Waals surface area (Å²) in [4.78, 5) is 10.5. The van der Waals surface area contributed by atoms with Crippen LogP contribution in [0.1, 0.15) is 10.4 Å². The molecule has 0 aromatic carbocycles. The predicted octanol–water partition coefficient (Wildman–Crippen LogP) is 0.837. The number of carbonyl (C=O) groups is 1. The first-order valence-corrected chi connectivity index (χ1v) is 3.33. The maximum absolute atomic E-state index is 10.5. The highest BCUT2D eigenvalue weighted by Gasteiger charge is 2.13. The first-order chi connectivity index (χ1) is 5.65. The summed E-state index contributed by atoms with van der Waals surface area (Å²) in [6.07, 6.45) is 0. The molecule has 5 nitrogen and oxygen atoms in total. The van der Waals surface area contributed by atoms with Crippen LogP contribution in [0.4, 0.5) is 0 Å². The van der Waals surface area contributed by atoms with Crippen molar-refractivity contribution in [2.45, 2.75) is 0 Å². The van der Waals surface area contributed by atoms with Crippen molar-refractivity contribution >= 4 is 17.6 Å². The van der Waals surface area contributed by atoms with Gasteiger partial charge in [-0.25, -0.2) is 4.79 Å². The predicted molar refractivity (Wildman–Crippen MR) is 40.6 cm³/mol. The highest BCUT2D eigenvalue weighted by Crippen LogP contribution is 2.16. The minimum absolute atomic E-state index is 0.0215.